The Hall–Kier alpha value is -2.60. The van der Waals surface area contributed by atoms with E-state index in [1.54, 1.807) is 29.3 Å². The zero-order chi connectivity index (χ0) is 15.5. The summed E-state index contributed by atoms with van der Waals surface area (Å²) in [6, 6.07) is 10.1. The summed E-state index contributed by atoms with van der Waals surface area (Å²) in [6.45, 7) is 0.529. The first-order valence-electron chi connectivity index (χ1n) is 6.90. The van der Waals surface area contributed by atoms with Crippen molar-refractivity contribution in [3.63, 3.8) is 0 Å². The highest BCUT2D eigenvalue weighted by Gasteiger charge is 2.11. The van der Waals surface area contributed by atoms with Crippen LogP contribution >= 0.6 is 0 Å². The lowest BCUT2D eigenvalue weighted by atomic mass is 10.1. The number of aromatic nitrogens is 3. The fourth-order valence-electron chi connectivity index (χ4n) is 2.28. The number of aliphatic hydroxyl groups is 1. The molecule has 0 aliphatic rings. The van der Waals surface area contributed by atoms with Crippen LogP contribution in [0.25, 0.3) is 22.2 Å². The maximum absolute atomic E-state index is 13.8. The van der Waals surface area contributed by atoms with Crippen LogP contribution in [-0.2, 0) is 0 Å². The van der Waals surface area contributed by atoms with Crippen molar-refractivity contribution in [3.8, 4) is 11.3 Å². The van der Waals surface area contributed by atoms with E-state index in [1.165, 1.54) is 6.07 Å². The van der Waals surface area contributed by atoms with Crippen molar-refractivity contribution in [1.29, 1.82) is 0 Å². The lowest BCUT2D eigenvalue weighted by Crippen LogP contribution is -2.22. The largest absolute Gasteiger partial charge is 0.395 e. The highest BCUT2D eigenvalue weighted by atomic mass is 19.1. The number of benzene rings is 1. The first kappa shape index (κ1) is 14.3. The van der Waals surface area contributed by atoms with Crippen molar-refractivity contribution in [2.45, 2.75) is 0 Å². The fourth-order valence-corrected chi connectivity index (χ4v) is 2.28. The third kappa shape index (κ3) is 2.60. The first-order valence-corrected chi connectivity index (χ1v) is 6.90. The topological polar surface area (TPSA) is 62.1 Å². The first-order chi connectivity index (χ1) is 10.7. The van der Waals surface area contributed by atoms with Gasteiger partial charge in [-0.05, 0) is 36.4 Å². The van der Waals surface area contributed by atoms with Crippen molar-refractivity contribution in [1.82, 2.24) is 15.2 Å². The Balaban J connectivity index is 2.03. The molecule has 0 saturated carbocycles. The third-order valence-electron chi connectivity index (χ3n) is 3.47. The maximum Gasteiger partial charge on any atom is 0.151 e. The van der Waals surface area contributed by atoms with Crippen LogP contribution in [0.4, 0.5) is 10.2 Å². The van der Waals surface area contributed by atoms with Gasteiger partial charge in [0, 0.05) is 30.7 Å². The molecule has 0 atom stereocenters. The summed E-state index contributed by atoms with van der Waals surface area (Å²) in [4.78, 5) is 6.06. The molecule has 2 heterocycles. The predicted octanol–water partition coefficient (Wildman–Crippen LogP) is 2.26. The molecule has 3 rings (SSSR count). The van der Waals surface area contributed by atoms with E-state index in [-0.39, 0.29) is 12.4 Å². The summed E-state index contributed by atoms with van der Waals surface area (Å²) < 4.78 is 13.8. The van der Waals surface area contributed by atoms with E-state index in [1.807, 2.05) is 19.2 Å². The standard InChI is InChI=1S/C16H15FN4O/c1-21(9-10-22)15-7-6-14(19-20-15)12-4-5-13(17)11-3-2-8-18-16(11)12/h2-8,22H,9-10H2,1H3. The Kier molecular flexibility index (Phi) is 3.93. The van der Waals surface area contributed by atoms with E-state index >= 15 is 0 Å². The monoisotopic (exact) mass is 298 g/mol. The smallest absolute Gasteiger partial charge is 0.151 e. The second-order valence-corrected chi connectivity index (χ2v) is 4.92. The SMILES string of the molecule is CN(CCO)c1ccc(-c2ccc(F)c3cccnc23)nn1. The molecule has 0 aliphatic heterocycles. The highest BCUT2D eigenvalue weighted by Crippen LogP contribution is 2.27. The zero-order valence-electron chi connectivity index (χ0n) is 12.1. The van der Waals surface area contributed by atoms with E-state index in [4.69, 9.17) is 5.11 Å². The zero-order valence-corrected chi connectivity index (χ0v) is 12.1. The molecule has 5 nitrogen and oxygen atoms in total. The fraction of sp³-hybridized carbons (Fsp3) is 0.188. The van der Waals surface area contributed by atoms with Crippen LogP contribution in [0.1, 0.15) is 0 Å². The van der Waals surface area contributed by atoms with Gasteiger partial charge < -0.3 is 10.0 Å². The molecule has 0 radical (unpaired) electrons. The van der Waals surface area contributed by atoms with Crippen LogP contribution < -0.4 is 4.90 Å². The number of nitrogens with zero attached hydrogens (tertiary/aromatic N) is 4. The van der Waals surface area contributed by atoms with Crippen molar-refractivity contribution < 1.29 is 9.50 Å². The van der Waals surface area contributed by atoms with Crippen molar-refractivity contribution in [2.75, 3.05) is 25.1 Å². The lowest BCUT2D eigenvalue weighted by Gasteiger charge is -2.15. The molecule has 6 heteroatoms. The minimum absolute atomic E-state index is 0.0481. The van der Waals surface area contributed by atoms with Gasteiger partial charge >= 0.3 is 0 Å². The average Bonchev–Trinajstić information content (AvgIpc) is 2.56. The second kappa shape index (κ2) is 6.03. The number of rotatable bonds is 4. The summed E-state index contributed by atoms with van der Waals surface area (Å²) in [6.07, 6.45) is 1.63. The molecular weight excluding hydrogens is 283 g/mol. The van der Waals surface area contributed by atoms with Gasteiger partial charge in [0.05, 0.1) is 17.8 Å². The molecule has 0 bridgehead atoms. The number of hydrogen-bond donors (Lipinski definition) is 1. The van der Waals surface area contributed by atoms with Gasteiger partial charge in [-0.15, -0.1) is 10.2 Å². The minimum Gasteiger partial charge on any atom is -0.395 e. The molecule has 0 saturated heterocycles. The van der Waals surface area contributed by atoms with Gasteiger partial charge in [-0.3, -0.25) is 4.98 Å². The van der Waals surface area contributed by atoms with E-state index in [9.17, 15) is 4.39 Å². The van der Waals surface area contributed by atoms with Crippen LogP contribution in [0.15, 0.2) is 42.6 Å². The van der Waals surface area contributed by atoms with Crippen LogP contribution in [0, 0.1) is 5.82 Å². The Labute approximate surface area is 127 Å². The third-order valence-corrected chi connectivity index (χ3v) is 3.47. The van der Waals surface area contributed by atoms with Gasteiger partial charge in [-0.2, -0.15) is 0 Å². The number of pyridine rings is 1. The number of hydrogen-bond acceptors (Lipinski definition) is 5. The van der Waals surface area contributed by atoms with Crippen molar-refractivity contribution >= 4 is 16.7 Å². The highest BCUT2D eigenvalue weighted by molar-refractivity contribution is 5.92. The number of aliphatic hydroxyl groups excluding tert-OH is 1. The molecule has 0 aliphatic carbocycles. The van der Waals surface area contributed by atoms with Crippen LogP contribution in [0.3, 0.4) is 0 Å². The molecule has 22 heavy (non-hydrogen) atoms. The summed E-state index contributed by atoms with van der Waals surface area (Å²) in [7, 11) is 1.83. The van der Waals surface area contributed by atoms with Gasteiger partial charge in [0.2, 0.25) is 0 Å². The quantitative estimate of drug-likeness (QED) is 0.800. The summed E-state index contributed by atoms with van der Waals surface area (Å²) >= 11 is 0. The Morgan fingerprint density at radius 1 is 1.14 bits per heavy atom. The molecule has 3 aromatic rings. The summed E-state index contributed by atoms with van der Waals surface area (Å²) in [5.41, 5.74) is 1.93. The molecule has 112 valence electrons. The molecule has 1 aromatic carbocycles. The minimum atomic E-state index is -0.306. The van der Waals surface area contributed by atoms with Gasteiger partial charge in [-0.1, -0.05) is 0 Å². The van der Waals surface area contributed by atoms with E-state index in [2.05, 4.69) is 15.2 Å². The van der Waals surface area contributed by atoms with Crippen molar-refractivity contribution in [3.05, 3.63) is 48.4 Å². The van der Waals surface area contributed by atoms with E-state index in [0.29, 0.717) is 29.0 Å². The van der Waals surface area contributed by atoms with Gasteiger partial charge in [0.1, 0.15) is 5.82 Å². The van der Waals surface area contributed by atoms with Crippen LogP contribution in [0.2, 0.25) is 0 Å². The van der Waals surface area contributed by atoms with E-state index < -0.39 is 0 Å². The lowest BCUT2D eigenvalue weighted by molar-refractivity contribution is 0.303. The second-order valence-electron chi connectivity index (χ2n) is 4.92. The number of halogens is 1. The molecule has 0 unspecified atom stereocenters. The average molecular weight is 298 g/mol. The molecular formula is C16H15FN4O. The van der Waals surface area contributed by atoms with Gasteiger partial charge in [0.15, 0.2) is 5.82 Å². The summed E-state index contributed by atoms with van der Waals surface area (Å²) in [5.74, 6) is 0.358. The molecule has 0 amide bonds. The summed E-state index contributed by atoms with van der Waals surface area (Å²) in [5, 5.41) is 17.7. The number of likely N-dealkylation sites (N-methyl/N-ethyl adjacent to an activating group) is 1. The molecule has 0 spiro atoms. The normalized spacial score (nSPS) is 10.9. The Morgan fingerprint density at radius 3 is 2.73 bits per heavy atom. The van der Waals surface area contributed by atoms with Crippen LogP contribution in [0.5, 0.6) is 0 Å². The Morgan fingerprint density at radius 2 is 2.00 bits per heavy atom. The number of fused-ring (bicyclic) bond motifs is 1. The molecule has 2 aromatic heterocycles. The van der Waals surface area contributed by atoms with Gasteiger partial charge in [-0.25, -0.2) is 4.39 Å². The molecule has 1 N–H and O–H groups in total. The Bertz CT molecular complexity index is 792. The van der Waals surface area contributed by atoms with Crippen molar-refractivity contribution in [2.24, 2.45) is 0 Å². The van der Waals surface area contributed by atoms with Crippen LogP contribution in [-0.4, -0.2) is 40.5 Å². The molecule has 0 fully saturated rings. The number of anilines is 1. The van der Waals surface area contributed by atoms with E-state index in [0.717, 1.165) is 5.56 Å². The predicted molar refractivity (Wildman–Crippen MR) is 83.1 cm³/mol. The maximum atomic E-state index is 13.8. The van der Waals surface area contributed by atoms with Gasteiger partial charge in [0.25, 0.3) is 0 Å².